The molecule has 0 aromatic rings. The third-order valence-electron chi connectivity index (χ3n) is 14.3. The van der Waals surface area contributed by atoms with E-state index in [1.807, 2.05) is 21.1 Å². The molecule has 0 radical (unpaired) electrons. The first-order chi connectivity index (χ1) is 35.1. The molecular formula is C63H121NO8. The summed E-state index contributed by atoms with van der Waals surface area (Å²) in [5.41, 5.74) is 0. The van der Waals surface area contributed by atoms with Crippen molar-refractivity contribution in [2.45, 2.75) is 328 Å². The van der Waals surface area contributed by atoms with Crippen LogP contribution >= 0.6 is 0 Å². The van der Waals surface area contributed by atoms with E-state index < -0.39 is 24.3 Å². The van der Waals surface area contributed by atoms with Gasteiger partial charge in [-0.05, 0) is 38.5 Å². The Morgan fingerprint density at radius 2 is 0.708 bits per heavy atom. The number of carboxylic acid groups (broad SMARTS) is 1. The van der Waals surface area contributed by atoms with Crippen LogP contribution in [0.1, 0.15) is 316 Å². The zero-order chi connectivity index (χ0) is 52.7. The van der Waals surface area contributed by atoms with Crippen molar-refractivity contribution in [3.8, 4) is 0 Å². The molecule has 0 spiro atoms. The van der Waals surface area contributed by atoms with E-state index in [1.165, 1.54) is 244 Å². The number of unbranched alkanes of at least 4 members (excludes halogenated alkanes) is 42. The first-order valence-corrected chi connectivity index (χ1v) is 31.3. The Morgan fingerprint density at radius 1 is 0.403 bits per heavy atom. The topological polar surface area (TPSA) is 111 Å². The molecule has 9 nitrogen and oxygen atoms in total. The van der Waals surface area contributed by atoms with Gasteiger partial charge in [-0.2, -0.15) is 0 Å². The van der Waals surface area contributed by atoms with Crippen molar-refractivity contribution in [3.63, 3.8) is 0 Å². The van der Waals surface area contributed by atoms with Crippen LogP contribution in [0, 0.1) is 0 Å². The molecule has 0 saturated heterocycles. The molecule has 0 fully saturated rings. The highest BCUT2D eigenvalue weighted by Crippen LogP contribution is 2.18. The number of esters is 2. The SMILES string of the molecule is CCCCCCCCCC/C=C\CCCCCCCCCCCCCCCCCCCCCCCCCCCCCCCC(=O)OC(COC(=O)CCCCCCCC)COC(OCC[N+](C)(C)C)C(=O)[O-]. The summed E-state index contributed by atoms with van der Waals surface area (Å²) in [7, 11) is 5.92. The molecule has 9 heteroatoms. The largest absolute Gasteiger partial charge is 0.545 e. The van der Waals surface area contributed by atoms with E-state index in [-0.39, 0.29) is 32.2 Å². The minimum Gasteiger partial charge on any atom is -0.545 e. The molecule has 0 amide bonds. The zero-order valence-electron chi connectivity index (χ0n) is 48.6. The second-order valence-corrected chi connectivity index (χ2v) is 22.7. The Labute approximate surface area is 446 Å². The van der Waals surface area contributed by atoms with Gasteiger partial charge in [0.15, 0.2) is 12.4 Å². The normalized spacial score (nSPS) is 12.7. The van der Waals surface area contributed by atoms with Gasteiger partial charge in [-0.3, -0.25) is 9.59 Å². The monoisotopic (exact) mass is 1020 g/mol. The smallest absolute Gasteiger partial charge is 0.306 e. The molecular weight excluding hydrogens is 899 g/mol. The molecule has 0 aliphatic rings. The van der Waals surface area contributed by atoms with Crippen LogP contribution in [-0.2, 0) is 33.3 Å². The van der Waals surface area contributed by atoms with Crippen LogP contribution in [0.5, 0.6) is 0 Å². The summed E-state index contributed by atoms with van der Waals surface area (Å²) in [6.07, 6.45) is 62.2. The summed E-state index contributed by atoms with van der Waals surface area (Å²) < 4.78 is 22.5. The second-order valence-electron chi connectivity index (χ2n) is 22.7. The molecule has 0 N–H and O–H groups in total. The van der Waals surface area contributed by atoms with Crippen LogP contribution in [0.2, 0.25) is 0 Å². The van der Waals surface area contributed by atoms with Gasteiger partial charge < -0.3 is 33.3 Å². The number of carbonyl (C=O) groups excluding carboxylic acids is 3. The Hall–Kier alpha value is -1.97. The highest BCUT2D eigenvalue weighted by Gasteiger charge is 2.22. The minimum absolute atomic E-state index is 0.152. The predicted octanol–water partition coefficient (Wildman–Crippen LogP) is 17.2. The van der Waals surface area contributed by atoms with E-state index in [1.54, 1.807) is 0 Å². The van der Waals surface area contributed by atoms with Gasteiger partial charge >= 0.3 is 11.9 Å². The van der Waals surface area contributed by atoms with E-state index in [4.69, 9.17) is 18.9 Å². The number of quaternary nitrogens is 1. The van der Waals surface area contributed by atoms with Crippen molar-refractivity contribution in [2.75, 3.05) is 47.5 Å². The average Bonchev–Trinajstić information content (AvgIpc) is 3.35. The van der Waals surface area contributed by atoms with Gasteiger partial charge in [0.1, 0.15) is 13.2 Å². The maximum Gasteiger partial charge on any atom is 0.306 e. The van der Waals surface area contributed by atoms with Gasteiger partial charge in [0.25, 0.3) is 0 Å². The lowest BCUT2D eigenvalue weighted by Gasteiger charge is -2.26. The zero-order valence-corrected chi connectivity index (χ0v) is 48.6. The average molecular weight is 1020 g/mol. The second kappa shape index (κ2) is 55.3. The molecule has 2 unspecified atom stereocenters. The molecule has 0 aliphatic heterocycles. The van der Waals surface area contributed by atoms with E-state index in [0.717, 1.165) is 44.9 Å². The predicted molar refractivity (Wildman–Crippen MR) is 302 cm³/mol. The van der Waals surface area contributed by atoms with Gasteiger partial charge in [0.2, 0.25) is 0 Å². The summed E-state index contributed by atoms with van der Waals surface area (Å²) in [5, 5.41) is 11.7. The van der Waals surface area contributed by atoms with Crippen molar-refractivity contribution < 1.29 is 42.9 Å². The number of allylic oxidation sites excluding steroid dienone is 2. The van der Waals surface area contributed by atoms with E-state index in [0.29, 0.717) is 17.4 Å². The fourth-order valence-corrected chi connectivity index (χ4v) is 9.42. The van der Waals surface area contributed by atoms with Crippen molar-refractivity contribution >= 4 is 17.9 Å². The molecule has 0 aromatic carbocycles. The number of rotatable bonds is 59. The third-order valence-corrected chi connectivity index (χ3v) is 14.3. The Morgan fingerprint density at radius 3 is 1.03 bits per heavy atom. The molecule has 0 saturated carbocycles. The standard InChI is InChI=1S/C63H121NO8/c1-6-8-10-12-14-15-16-17-18-19-20-21-22-23-24-25-26-27-28-29-30-31-32-33-34-35-36-37-38-39-40-41-42-43-44-45-46-47-48-50-52-54-61(66)72-59(57-70-60(65)53-51-49-13-11-9-7-2)58-71-63(62(67)68)69-56-55-64(3,4)5/h19-20,59,63H,6-18,21-58H2,1-5H3/b20-19-. The van der Waals surface area contributed by atoms with Crippen molar-refractivity contribution in [2.24, 2.45) is 0 Å². The van der Waals surface area contributed by atoms with Crippen LogP contribution in [0.4, 0.5) is 0 Å². The number of aliphatic carboxylic acids is 1. The van der Waals surface area contributed by atoms with Crippen molar-refractivity contribution in [1.82, 2.24) is 0 Å². The van der Waals surface area contributed by atoms with Crippen molar-refractivity contribution in [1.29, 1.82) is 0 Å². The van der Waals surface area contributed by atoms with Gasteiger partial charge in [-0.25, -0.2) is 0 Å². The van der Waals surface area contributed by atoms with E-state index >= 15 is 0 Å². The molecule has 426 valence electrons. The maximum absolute atomic E-state index is 12.8. The fourth-order valence-electron chi connectivity index (χ4n) is 9.42. The number of ether oxygens (including phenoxy) is 4. The maximum atomic E-state index is 12.8. The Kier molecular flexibility index (Phi) is 53.8. The third kappa shape index (κ3) is 55.8. The first-order valence-electron chi connectivity index (χ1n) is 31.3. The Bertz CT molecular complexity index is 1190. The summed E-state index contributed by atoms with van der Waals surface area (Å²) in [5.74, 6) is -2.27. The molecule has 0 aliphatic carbocycles. The highest BCUT2D eigenvalue weighted by atomic mass is 16.7. The van der Waals surface area contributed by atoms with E-state index in [2.05, 4.69) is 26.0 Å². The highest BCUT2D eigenvalue weighted by molar-refractivity contribution is 5.70. The molecule has 72 heavy (non-hydrogen) atoms. The first kappa shape index (κ1) is 70.0. The quantitative estimate of drug-likeness (QED) is 0.0195. The molecule has 0 rings (SSSR count). The number of carboxylic acids is 1. The Balaban J connectivity index is 3.72. The molecule has 0 heterocycles. The lowest BCUT2D eigenvalue weighted by atomic mass is 10.0. The van der Waals surface area contributed by atoms with Crippen LogP contribution in [0.25, 0.3) is 0 Å². The van der Waals surface area contributed by atoms with Crippen LogP contribution in [-0.4, -0.2) is 82.3 Å². The number of hydrogen-bond acceptors (Lipinski definition) is 8. The summed E-state index contributed by atoms with van der Waals surface area (Å²) in [6.45, 7) is 4.71. The van der Waals surface area contributed by atoms with Crippen LogP contribution < -0.4 is 5.11 Å². The van der Waals surface area contributed by atoms with Gasteiger partial charge in [0, 0.05) is 12.8 Å². The number of likely N-dealkylation sites (N-methyl/N-ethyl adjacent to an activating group) is 1. The molecule has 0 aromatic heterocycles. The summed E-state index contributed by atoms with van der Waals surface area (Å²) in [6, 6.07) is 0. The van der Waals surface area contributed by atoms with E-state index in [9.17, 15) is 19.5 Å². The lowest BCUT2D eigenvalue weighted by molar-refractivity contribution is -0.870. The van der Waals surface area contributed by atoms with Gasteiger partial charge in [-0.15, -0.1) is 0 Å². The minimum atomic E-state index is -1.61. The summed E-state index contributed by atoms with van der Waals surface area (Å²) in [4.78, 5) is 36.9. The fraction of sp³-hybridized carbons (Fsp3) is 0.921. The number of hydrogen-bond donors (Lipinski definition) is 0. The molecule has 0 bridgehead atoms. The van der Waals surface area contributed by atoms with Gasteiger partial charge in [-0.1, -0.05) is 276 Å². The number of nitrogens with zero attached hydrogens (tertiary/aromatic N) is 1. The van der Waals surface area contributed by atoms with Crippen LogP contribution in [0.3, 0.4) is 0 Å². The van der Waals surface area contributed by atoms with Gasteiger partial charge in [0.05, 0.1) is 40.3 Å². The van der Waals surface area contributed by atoms with Crippen LogP contribution in [0.15, 0.2) is 12.2 Å². The van der Waals surface area contributed by atoms with Crippen molar-refractivity contribution in [3.05, 3.63) is 12.2 Å². The lowest BCUT2D eigenvalue weighted by Crippen LogP contribution is -2.44. The summed E-state index contributed by atoms with van der Waals surface area (Å²) >= 11 is 0. The molecule has 2 atom stereocenters. The number of carbonyl (C=O) groups is 3.